The molecule has 0 saturated carbocycles. The van der Waals surface area contributed by atoms with Gasteiger partial charge in [-0.1, -0.05) is 148 Å². The molecule has 6 unspecified atom stereocenters. The summed E-state index contributed by atoms with van der Waals surface area (Å²) in [5.41, 5.74) is 0. The number of aliphatic hydroxyl groups is 4. The molecule has 0 aromatic rings. The molecule has 0 aromatic heterocycles. The summed E-state index contributed by atoms with van der Waals surface area (Å²) < 4.78 is 22.0. The maximum atomic E-state index is 12.7. The van der Waals surface area contributed by atoms with E-state index in [1.54, 1.807) is 0 Å². The molecule has 0 spiro atoms. The molecular weight excluding hydrogens is 664 g/mol. The summed E-state index contributed by atoms with van der Waals surface area (Å²) in [4.78, 5) is 25.1. The van der Waals surface area contributed by atoms with E-state index in [4.69, 9.17) is 18.9 Å². The standard InChI is InChI=1S/C42H78O10/c1-3-5-7-9-11-12-13-14-15-16-17-18-19-20-21-22-23-24-25-27-29-31-38(45)51-35(33-49-37(44)30-28-26-10-8-6-4-2)34-50-42-41(48)40(47)39(46)36(32-43)52-42/h16-17,35-36,39-43,46-48H,3-15,18-34H2,1-2H3/b17-16-. The summed E-state index contributed by atoms with van der Waals surface area (Å²) in [6.07, 6.45) is 26.9. The van der Waals surface area contributed by atoms with E-state index >= 15 is 0 Å². The van der Waals surface area contributed by atoms with E-state index in [-0.39, 0.29) is 32.0 Å². The predicted octanol–water partition coefficient (Wildman–Crippen LogP) is 8.39. The van der Waals surface area contributed by atoms with Gasteiger partial charge in [0.15, 0.2) is 12.4 Å². The number of allylic oxidation sites excluding steroid dienone is 2. The van der Waals surface area contributed by atoms with Gasteiger partial charge in [-0.25, -0.2) is 0 Å². The van der Waals surface area contributed by atoms with Crippen molar-refractivity contribution >= 4 is 11.9 Å². The highest BCUT2D eigenvalue weighted by molar-refractivity contribution is 5.70. The number of rotatable bonds is 35. The van der Waals surface area contributed by atoms with Crippen LogP contribution >= 0.6 is 0 Å². The minimum Gasteiger partial charge on any atom is -0.462 e. The molecule has 10 heteroatoms. The van der Waals surface area contributed by atoms with E-state index in [0.29, 0.717) is 6.42 Å². The average molecular weight is 743 g/mol. The first-order chi connectivity index (χ1) is 25.3. The van der Waals surface area contributed by atoms with Crippen LogP contribution in [0.2, 0.25) is 0 Å². The number of carbonyl (C=O) groups is 2. The molecule has 1 aliphatic heterocycles. The van der Waals surface area contributed by atoms with Crippen LogP contribution in [0.5, 0.6) is 0 Å². The van der Waals surface area contributed by atoms with Crippen molar-refractivity contribution in [3.05, 3.63) is 12.2 Å². The molecule has 0 aromatic carbocycles. The molecule has 306 valence electrons. The SMILES string of the molecule is CCCCCCCCCC/C=C\CCCCCCCCCCCC(=O)OC(COC(=O)CCCCCCCC)COC1OC(CO)C(O)C(O)C1O. The number of unbranched alkanes of at least 4 members (excludes halogenated alkanes) is 22. The van der Waals surface area contributed by atoms with Crippen LogP contribution in [-0.4, -0.2) is 89.0 Å². The predicted molar refractivity (Wildman–Crippen MR) is 206 cm³/mol. The van der Waals surface area contributed by atoms with Gasteiger partial charge in [-0.05, 0) is 38.5 Å². The Morgan fingerprint density at radius 1 is 0.577 bits per heavy atom. The Morgan fingerprint density at radius 3 is 1.50 bits per heavy atom. The van der Waals surface area contributed by atoms with Crippen molar-refractivity contribution in [1.82, 2.24) is 0 Å². The second-order valence-corrected chi connectivity index (χ2v) is 14.8. The highest BCUT2D eigenvalue weighted by atomic mass is 16.7. The fourth-order valence-electron chi connectivity index (χ4n) is 6.48. The molecule has 0 bridgehead atoms. The normalized spacial score (nSPS) is 21.1. The zero-order valence-electron chi connectivity index (χ0n) is 33.1. The van der Waals surface area contributed by atoms with Gasteiger partial charge in [0, 0.05) is 12.8 Å². The van der Waals surface area contributed by atoms with Crippen LogP contribution in [-0.2, 0) is 28.5 Å². The maximum Gasteiger partial charge on any atom is 0.306 e. The molecule has 1 fully saturated rings. The van der Waals surface area contributed by atoms with Crippen molar-refractivity contribution in [3.8, 4) is 0 Å². The smallest absolute Gasteiger partial charge is 0.306 e. The van der Waals surface area contributed by atoms with Crippen LogP contribution in [0.1, 0.15) is 187 Å². The molecule has 1 rings (SSSR count). The van der Waals surface area contributed by atoms with Gasteiger partial charge in [-0.2, -0.15) is 0 Å². The Bertz CT molecular complexity index is 866. The highest BCUT2D eigenvalue weighted by Crippen LogP contribution is 2.22. The fraction of sp³-hybridized carbons (Fsp3) is 0.905. The third-order valence-electron chi connectivity index (χ3n) is 9.90. The topological polar surface area (TPSA) is 152 Å². The highest BCUT2D eigenvalue weighted by Gasteiger charge is 2.44. The van der Waals surface area contributed by atoms with Crippen molar-refractivity contribution in [2.75, 3.05) is 19.8 Å². The van der Waals surface area contributed by atoms with Gasteiger partial charge in [0.1, 0.15) is 31.0 Å². The molecule has 10 nitrogen and oxygen atoms in total. The van der Waals surface area contributed by atoms with E-state index in [2.05, 4.69) is 26.0 Å². The first-order valence-corrected chi connectivity index (χ1v) is 21.3. The second-order valence-electron chi connectivity index (χ2n) is 14.8. The zero-order chi connectivity index (χ0) is 38.1. The number of hydrogen-bond donors (Lipinski definition) is 4. The quantitative estimate of drug-likeness (QED) is 0.0283. The van der Waals surface area contributed by atoms with E-state index in [1.807, 2.05) is 0 Å². The van der Waals surface area contributed by atoms with Gasteiger partial charge in [-0.15, -0.1) is 0 Å². The average Bonchev–Trinajstić information content (AvgIpc) is 3.14. The molecule has 1 aliphatic rings. The van der Waals surface area contributed by atoms with Gasteiger partial charge >= 0.3 is 11.9 Å². The second kappa shape index (κ2) is 34.0. The zero-order valence-corrected chi connectivity index (χ0v) is 33.1. The first kappa shape index (κ1) is 48.5. The fourth-order valence-corrected chi connectivity index (χ4v) is 6.48. The van der Waals surface area contributed by atoms with Gasteiger partial charge in [0.2, 0.25) is 0 Å². The van der Waals surface area contributed by atoms with Crippen LogP contribution in [0.15, 0.2) is 12.2 Å². The molecule has 0 aliphatic carbocycles. The van der Waals surface area contributed by atoms with Crippen molar-refractivity contribution < 1.29 is 49.0 Å². The number of esters is 2. The molecular formula is C42H78O10. The van der Waals surface area contributed by atoms with Crippen molar-refractivity contribution in [3.63, 3.8) is 0 Å². The lowest BCUT2D eigenvalue weighted by Crippen LogP contribution is -2.59. The van der Waals surface area contributed by atoms with Crippen LogP contribution in [0.4, 0.5) is 0 Å². The largest absolute Gasteiger partial charge is 0.462 e. The lowest BCUT2D eigenvalue weighted by Gasteiger charge is -2.39. The summed E-state index contributed by atoms with van der Waals surface area (Å²) in [6, 6.07) is 0. The molecule has 6 atom stereocenters. The molecule has 0 radical (unpaired) electrons. The number of ether oxygens (including phenoxy) is 4. The van der Waals surface area contributed by atoms with Gasteiger partial charge < -0.3 is 39.4 Å². The molecule has 4 N–H and O–H groups in total. The minimum absolute atomic E-state index is 0.215. The Morgan fingerprint density at radius 2 is 1.02 bits per heavy atom. The summed E-state index contributed by atoms with van der Waals surface area (Å²) in [7, 11) is 0. The third kappa shape index (κ3) is 25.5. The van der Waals surface area contributed by atoms with Crippen LogP contribution in [0, 0.1) is 0 Å². The first-order valence-electron chi connectivity index (χ1n) is 21.3. The number of carbonyl (C=O) groups excluding carboxylic acids is 2. The molecule has 52 heavy (non-hydrogen) atoms. The lowest BCUT2D eigenvalue weighted by molar-refractivity contribution is -0.305. The van der Waals surface area contributed by atoms with E-state index in [1.165, 1.54) is 103 Å². The van der Waals surface area contributed by atoms with E-state index in [0.717, 1.165) is 51.4 Å². The summed E-state index contributed by atoms with van der Waals surface area (Å²) in [5, 5.41) is 39.9. The molecule has 1 heterocycles. The third-order valence-corrected chi connectivity index (χ3v) is 9.90. The summed E-state index contributed by atoms with van der Waals surface area (Å²) >= 11 is 0. The molecule has 1 saturated heterocycles. The van der Waals surface area contributed by atoms with Gasteiger partial charge in [0.05, 0.1) is 13.2 Å². The lowest BCUT2D eigenvalue weighted by atomic mass is 9.99. The summed E-state index contributed by atoms with van der Waals surface area (Å²) in [5.74, 6) is -0.813. The Balaban J connectivity index is 2.24. The monoisotopic (exact) mass is 743 g/mol. The van der Waals surface area contributed by atoms with Crippen molar-refractivity contribution in [2.45, 2.75) is 224 Å². The number of hydrogen-bond acceptors (Lipinski definition) is 10. The van der Waals surface area contributed by atoms with Gasteiger partial charge in [0.25, 0.3) is 0 Å². The Kier molecular flexibility index (Phi) is 31.7. The van der Waals surface area contributed by atoms with E-state index in [9.17, 15) is 30.0 Å². The van der Waals surface area contributed by atoms with Crippen molar-refractivity contribution in [2.24, 2.45) is 0 Å². The van der Waals surface area contributed by atoms with Crippen molar-refractivity contribution in [1.29, 1.82) is 0 Å². The van der Waals surface area contributed by atoms with Crippen LogP contribution in [0.25, 0.3) is 0 Å². The minimum atomic E-state index is -1.59. The van der Waals surface area contributed by atoms with E-state index < -0.39 is 49.4 Å². The Labute approximate surface area is 316 Å². The van der Waals surface area contributed by atoms with Crippen LogP contribution in [0.3, 0.4) is 0 Å². The summed E-state index contributed by atoms with van der Waals surface area (Å²) in [6.45, 7) is 3.35. The Hall–Kier alpha value is -1.56. The molecule has 0 amide bonds. The van der Waals surface area contributed by atoms with Gasteiger partial charge in [-0.3, -0.25) is 9.59 Å². The van der Waals surface area contributed by atoms with Crippen LogP contribution < -0.4 is 0 Å². The maximum absolute atomic E-state index is 12.7. The number of aliphatic hydroxyl groups excluding tert-OH is 4.